The predicted octanol–water partition coefficient (Wildman–Crippen LogP) is -0.479. The Balaban J connectivity index is 1.09. The first-order valence-electron chi connectivity index (χ1n) is 45.1. The molecule has 15 amide bonds. The van der Waals surface area contributed by atoms with Gasteiger partial charge in [-0.3, -0.25) is 71.9 Å². The minimum absolute atomic E-state index is 0.0222. The molecule has 22 N–H and O–H groups in total. The fraction of sp³-hybridized carbons (Fsp3) is 0.522. The zero-order chi connectivity index (χ0) is 97.0. The van der Waals surface area contributed by atoms with Crippen LogP contribution in [0.4, 0.5) is 0 Å². The number of nitrogens with two attached hydrogens (primary N) is 3. The number of primary amides is 1. The molecule has 722 valence electrons. The van der Waals surface area contributed by atoms with Gasteiger partial charge >= 0.3 is 0 Å². The van der Waals surface area contributed by atoms with Crippen molar-refractivity contribution in [3.8, 4) is 5.75 Å². The number of phenolic OH excluding ortho intramolecular Hbond substituents is 1. The van der Waals surface area contributed by atoms with E-state index in [1.54, 1.807) is 93.8 Å². The number of benzene rings is 3. The second-order valence-electron chi connectivity index (χ2n) is 34.8. The molecular formula is C92H130N22O18S. The second kappa shape index (κ2) is 49.6. The van der Waals surface area contributed by atoms with Crippen molar-refractivity contribution in [1.29, 1.82) is 0 Å². The molecule has 0 unspecified atom stereocenters. The number of phenols is 1. The number of carbonyl (C=O) groups excluding carboxylic acids is 15. The van der Waals surface area contributed by atoms with Gasteiger partial charge in [0, 0.05) is 136 Å². The summed E-state index contributed by atoms with van der Waals surface area (Å²) in [5.74, 6) is -13.9. The van der Waals surface area contributed by atoms with E-state index in [2.05, 4.69) is 86.3 Å². The fourth-order valence-corrected chi connectivity index (χ4v) is 17.6. The van der Waals surface area contributed by atoms with Crippen molar-refractivity contribution >= 4 is 122 Å². The smallest absolute Gasteiger partial charge is 0.246 e. The van der Waals surface area contributed by atoms with Crippen LogP contribution in [-0.2, 0) is 97.6 Å². The maximum Gasteiger partial charge on any atom is 0.246 e. The van der Waals surface area contributed by atoms with Crippen LogP contribution < -0.4 is 70.4 Å². The number of unbranched alkanes of at least 4 members (excludes halogenated alkanes) is 2. The molecule has 0 radical (unpaired) electrons. The first kappa shape index (κ1) is 104. The monoisotopic (exact) mass is 1860 g/mol. The Hall–Kier alpha value is -12.9. The Bertz CT molecular complexity index is 5100. The number of nitrogens with one attached hydrogen (secondary N) is 13. The van der Waals surface area contributed by atoms with E-state index in [1.807, 2.05) is 13.8 Å². The highest BCUT2D eigenvalue weighted by Gasteiger charge is 2.47. The van der Waals surface area contributed by atoms with Gasteiger partial charge in [0.1, 0.15) is 84.3 Å². The zero-order valence-electron chi connectivity index (χ0n) is 76.6. The van der Waals surface area contributed by atoms with E-state index >= 15 is 47.9 Å². The molecule has 0 bridgehead atoms. The third-order valence-electron chi connectivity index (χ3n) is 24.3. The number of amides is 15. The molecule has 3 aliphatic heterocycles. The molecule has 41 heteroatoms. The summed E-state index contributed by atoms with van der Waals surface area (Å²) >= 11 is 0.841. The minimum atomic E-state index is -1.87. The van der Waals surface area contributed by atoms with Crippen LogP contribution >= 0.6 is 11.8 Å². The van der Waals surface area contributed by atoms with E-state index in [0.29, 0.717) is 76.3 Å². The van der Waals surface area contributed by atoms with Gasteiger partial charge in [-0.25, -0.2) is 4.98 Å². The Morgan fingerprint density at radius 1 is 0.586 bits per heavy atom. The summed E-state index contributed by atoms with van der Waals surface area (Å²) in [5.41, 5.74) is 21.1. The summed E-state index contributed by atoms with van der Waals surface area (Å²) in [6.45, 7) is 14.8. The third-order valence-corrected chi connectivity index (χ3v) is 25.3. The Labute approximate surface area is 776 Å². The van der Waals surface area contributed by atoms with Crippen LogP contribution in [0.3, 0.4) is 0 Å². The van der Waals surface area contributed by atoms with Gasteiger partial charge in [0.15, 0.2) is 0 Å². The van der Waals surface area contributed by atoms with E-state index in [-0.39, 0.29) is 119 Å². The first-order chi connectivity index (χ1) is 63.4. The average Bonchev–Trinajstić information content (AvgIpc) is 1.76. The van der Waals surface area contributed by atoms with E-state index in [0.717, 1.165) is 21.6 Å². The summed E-state index contributed by atoms with van der Waals surface area (Å²) in [6, 6.07) is 0.108. The van der Waals surface area contributed by atoms with Crippen molar-refractivity contribution in [3.05, 3.63) is 145 Å². The summed E-state index contributed by atoms with van der Waals surface area (Å²) in [4.78, 5) is 243. The molecule has 6 aromatic rings. The van der Waals surface area contributed by atoms with Gasteiger partial charge in [0.05, 0.1) is 37.4 Å². The van der Waals surface area contributed by atoms with Crippen molar-refractivity contribution in [2.75, 3.05) is 65.4 Å². The molecule has 3 fully saturated rings. The Kier molecular flexibility index (Phi) is 38.7. The lowest BCUT2D eigenvalue weighted by atomic mass is 10.00. The van der Waals surface area contributed by atoms with Gasteiger partial charge in [-0.05, 0) is 105 Å². The van der Waals surface area contributed by atoms with Gasteiger partial charge < -0.3 is 125 Å². The molecule has 3 aliphatic rings. The Morgan fingerprint density at radius 2 is 1.13 bits per heavy atom. The van der Waals surface area contributed by atoms with Gasteiger partial charge in [-0.1, -0.05) is 115 Å². The number of aliphatic hydroxyl groups excluding tert-OH is 2. The molecule has 0 spiro atoms. The zero-order valence-corrected chi connectivity index (χ0v) is 77.5. The first-order valence-corrected chi connectivity index (χ1v) is 46.3. The highest BCUT2D eigenvalue weighted by molar-refractivity contribution is 8.00. The van der Waals surface area contributed by atoms with Gasteiger partial charge in [0.25, 0.3) is 0 Å². The van der Waals surface area contributed by atoms with Crippen LogP contribution in [0.2, 0.25) is 0 Å². The number of likely N-dealkylation sites (N-methyl/N-ethyl adjacent to an activating group) is 3. The third kappa shape index (κ3) is 28.6. The van der Waals surface area contributed by atoms with Crippen LogP contribution in [-0.4, -0.2) is 304 Å². The number of aromatic hydroxyl groups is 1. The van der Waals surface area contributed by atoms with E-state index in [1.165, 1.54) is 60.5 Å². The maximum atomic E-state index is 15.7. The number of thioether (sulfide) groups is 1. The lowest BCUT2D eigenvalue weighted by molar-refractivity contribution is -0.149. The van der Waals surface area contributed by atoms with Crippen LogP contribution in [0.15, 0.2) is 122 Å². The number of nitrogens with zero attached hydrogens (tertiary/aromatic N) is 6. The van der Waals surface area contributed by atoms with Crippen molar-refractivity contribution in [3.63, 3.8) is 0 Å². The van der Waals surface area contributed by atoms with Gasteiger partial charge in [-0.2, -0.15) is 0 Å². The minimum Gasteiger partial charge on any atom is -0.508 e. The highest BCUT2D eigenvalue weighted by atomic mass is 32.2. The molecule has 6 heterocycles. The normalized spacial score (nSPS) is 25.0. The Morgan fingerprint density at radius 3 is 1.72 bits per heavy atom. The molecule has 0 saturated carbocycles. The summed E-state index contributed by atoms with van der Waals surface area (Å²) in [7, 11) is 4.18. The van der Waals surface area contributed by atoms with Crippen LogP contribution in [0.5, 0.6) is 5.75 Å². The van der Waals surface area contributed by atoms with Crippen LogP contribution in [0, 0.1) is 5.92 Å². The number of H-pyrrole nitrogens is 3. The molecule has 40 nitrogen and oxygen atoms in total. The largest absolute Gasteiger partial charge is 0.508 e. The lowest BCUT2D eigenvalue weighted by Gasteiger charge is -2.36. The number of hydrogen-bond donors (Lipinski definition) is 19. The van der Waals surface area contributed by atoms with Crippen LogP contribution in [0.1, 0.15) is 140 Å². The van der Waals surface area contributed by atoms with Crippen molar-refractivity contribution < 1.29 is 87.2 Å². The quantitative estimate of drug-likeness (QED) is 0.0344. The number of imidazole rings is 1. The molecular weight excluding hydrogens is 1730 g/mol. The number of fused-ring (bicyclic) bond motifs is 4. The topological polar surface area (TPSA) is 592 Å². The molecule has 3 aromatic heterocycles. The molecule has 133 heavy (non-hydrogen) atoms. The lowest BCUT2D eigenvalue weighted by Crippen LogP contribution is -2.61. The number of rotatable bonds is 25. The standard InChI is InChI=1S/C92H130N22O18S/c1-11-13-26-74-85(125)103-65(25-19-33-93)81(121)109-73(80(120)99-45-78(95)118)48-133-49-79(119)102-70(37-55-29-31-59(116)32-30-55)88(128)110(8)54(7)53(6)101-69(36-52(5)94)90(130)113-34-20-28-75(113)86(126)105-67(40-58-44-96-50-100-58)83(123)106-68(35-51(3)4)91(131)114-46-60(117)41-77(114)87(127)104-66(38-56-42-97-63-23-17-15-21-61(56)63)82(122)108-72(47-115)84(124)107-71(39-57-43-98-64-24-18-16-22-62(57)64)89(129)112(10)76(27-14-12-2)92(132)111(74)9/h15-18,21-24,29-32,42-44,50-51,54,60,65-77,97-98,101,115-117H,5-6,11-14,19-20,25-28,33-41,45-49,93-94H2,1-4,7-10H3,(H2,95,118)(H,96,100)(H,99,120)(H,102,119)(H,103,125)(H,104,127)(H,105,126)(H,106,123)(H,107,124)(H,108,122)(H,109,121)/t54-,60+,65-,66-,67-,68-,69-,70-,71-,72-,73-,74-,75-,76-,77-/m0/s1. The fourth-order valence-electron chi connectivity index (χ4n) is 16.8. The van der Waals surface area contributed by atoms with Crippen molar-refractivity contribution in [2.45, 2.75) is 234 Å². The highest BCUT2D eigenvalue weighted by Crippen LogP contribution is 2.29. The summed E-state index contributed by atoms with van der Waals surface area (Å²) in [5, 5.41) is 61.8. The average molecular weight is 1860 g/mol. The second-order valence-corrected chi connectivity index (χ2v) is 35.8. The summed E-state index contributed by atoms with van der Waals surface area (Å²) in [6.07, 6.45) is 5.46. The number of para-hydroxylation sites is 2. The molecule has 0 aliphatic carbocycles. The molecule has 3 saturated heterocycles. The van der Waals surface area contributed by atoms with Crippen molar-refractivity contribution in [1.82, 2.24) is 97.6 Å². The number of carbonyl (C=O) groups is 15. The number of aromatic nitrogens is 4. The summed E-state index contributed by atoms with van der Waals surface area (Å²) < 4.78 is 0. The number of aromatic amines is 3. The van der Waals surface area contributed by atoms with E-state index in [4.69, 9.17) is 17.2 Å². The maximum absolute atomic E-state index is 15.7. The van der Waals surface area contributed by atoms with E-state index < -0.39 is 205 Å². The van der Waals surface area contributed by atoms with Gasteiger partial charge in [0.2, 0.25) is 88.6 Å². The van der Waals surface area contributed by atoms with Crippen LogP contribution in [0.25, 0.3) is 21.8 Å². The van der Waals surface area contributed by atoms with Crippen molar-refractivity contribution in [2.24, 2.45) is 23.1 Å². The molecule has 9 rings (SSSR count). The SMILES string of the molecule is C=C(N)C[C@@H]1NC(=C)[C@H](C)N(C)C(=O)[C@H](Cc2ccc(O)cc2)NC(=O)CSC[C@@H](C(=O)NCC(N)=O)NC(=O)[C@H](CCCN)NC(=O)[C@H](CCCC)N(C)C(=O)[C@H](CCCC)N(C)C(=O)[C@H](Cc2c[nH]c3ccccc23)NC(=O)[C@H](CO)NC(=O)[C@H](Cc2c[nH]c3ccccc23)NC(=O)[C@@H]2C[C@@H](O)CN2C(=O)[C@H](CC(C)C)NC(=O)[C@H](Cc2cnc[nH]2)NC(=O)[C@@H]2CCCN2C1=O. The van der Waals surface area contributed by atoms with Gasteiger partial charge in [-0.15, -0.1) is 11.8 Å². The predicted molar refractivity (Wildman–Crippen MR) is 497 cm³/mol. The molecule has 15 atom stereocenters. The number of aliphatic hydroxyl groups is 2. The van der Waals surface area contributed by atoms with E-state index in [9.17, 15) is 39.3 Å². The molecule has 3 aromatic carbocycles. The number of hydrogen-bond acceptors (Lipinski definition) is 23.